The van der Waals surface area contributed by atoms with Crippen LogP contribution in [0.3, 0.4) is 0 Å². The molecule has 3 aromatic carbocycles. The van der Waals surface area contributed by atoms with E-state index in [-0.39, 0.29) is 23.4 Å². The molecule has 3 aromatic rings. The third-order valence-corrected chi connectivity index (χ3v) is 10.3. The van der Waals surface area contributed by atoms with Crippen molar-refractivity contribution in [2.24, 2.45) is 0 Å². The van der Waals surface area contributed by atoms with E-state index in [1.165, 1.54) is 17.0 Å². The number of nitrogens with zero attached hydrogens (tertiary/aromatic N) is 2. The van der Waals surface area contributed by atoms with Crippen molar-refractivity contribution in [1.82, 2.24) is 10.2 Å². The van der Waals surface area contributed by atoms with E-state index in [0.29, 0.717) is 27.7 Å². The van der Waals surface area contributed by atoms with Crippen molar-refractivity contribution in [2.45, 2.75) is 82.8 Å². The van der Waals surface area contributed by atoms with Crippen molar-refractivity contribution in [1.29, 1.82) is 0 Å². The second-order valence-electron chi connectivity index (χ2n) is 11.2. The number of anilines is 1. The molecule has 1 fully saturated rings. The molecule has 0 unspecified atom stereocenters. The van der Waals surface area contributed by atoms with Gasteiger partial charge in [-0.2, -0.15) is 0 Å². The number of amides is 2. The average Bonchev–Trinajstić information content (AvgIpc) is 2.97. The van der Waals surface area contributed by atoms with Crippen LogP contribution in [-0.2, 0) is 26.2 Å². The van der Waals surface area contributed by atoms with Crippen molar-refractivity contribution in [2.75, 3.05) is 10.8 Å². The molecule has 7 nitrogen and oxygen atoms in total. The Bertz CT molecular complexity index is 1500. The highest BCUT2D eigenvalue weighted by Crippen LogP contribution is 2.30. The molecule has 4 rings (SSSR count). The van der Waals surface area contributed by atoms with Crippen molar-refractivity contribution in [3.63, 3.8) is 0 Å². The number of rotatable bonds is 11. The Hall–Kier alpha value is -3.07. The molecule has 1 aliphatic carbocycles. The zero-order valence-corrected chi connectivity index (χ0v) is 27.2. The van der Waals surface area contributed by atoms with E-state index in [1.54, 1.807) is 48.5 Å². The van der Waals surface area contributed by atoms with Gasteiger partial charge >= 0.3 is 0 Å². The van der Waals surface area contributed by atoms with Crippen molar-refractivity contribution >= 4 is 50.7 Å². The van der Waals surface area contributed by atoms with E-state index >= 15 is 0 Å². The number of halogens is 2. The highest BCUT2D eigenvalue weighted by molar-refractivity contribution is 7.92. The Kier molecular flexibility index (Phi) is 11.2. The number of nitrogens with one attached hydrogen (secondary N) is 1. The topological polar surface area (TPSA) is 86.8 Å². The molecular weight excluding hydrogens is 605 g/mol. The van der Waals surface area contributed by atoms with E-state index in [2.05, 4.69) is 5.32 Å². The van der Waals surface area contributed by atoms with Gasteiger partial charge in [0.25, 0.3) is 10.0 Å². The van der Waals surface area contributed by atoms with E-state index in [0.717, 1.165) is 47.5 Å². The zero-order valence-electron chi connectivity index (χ0n) is 24.9. The number of carbonyl (C=O) groups is 2. The monoisotopic (exact) mass is 643 g/mol. The summed E-state index contributed by atoms with van der Waals surface area (Å²) in [5, 5.41) is 3.86. The number of carbonyl (C=O) groups excluding carboxylic acids is 2. The predicted octanol–water partition coefficient (Wildman–Crippen LogP) is 7.06. The highest BCUT2D eigenvalue weighted by Gasteiger charge is 2.35. The van der Waals surface area contributed by atoms with Gasteiger partial charge in [-0.3, -0.25) is 13.9 Å². The molecule has 10 heteroatoms. The summed E-state index contributed by atoms with van der Waals surface area (Å²) in [6.07, 6.45) is 5.33. The third-order valence-electron chi connectivity index (χ3n) is 7.83. The largest absolute Gasteiger partial charge is 0.352 e. The molecule has 0 bridgehead atoms. The molecule has 0 aliphatic heterocycles. The number of hydrogen-bond donors (Lipinski definition) is 1. The van der Waals surface area contributed by atoms with Gasteiger partial charge in [-0.1, -0.05) is 79.7 Å². The summed E-state index contributed by atoms with van der Waals surface area (Å²) in [5.74, 6) is -0.810. The van der Waals surface area contributed by atoms with Crippen molar-refractivity contribution < 1.29 is 18.0 Å². The maximum Gasteiger partial charge on any atom is 0.264 e. The lowest BCUT2D eigenvalue weighted by molar-refractivity contribution is -0.140. The minimum absolute atomic E-state index is 0.0429. The molecule has 2 amide bonds. The fourth-order valence-corrected chi connectivity index (χ4v) is 7.60. The lowest BCUT2D eigenvalue weighted by atomic mass is 9.95. The van der Waals surface area contributed by atoms with E-state index in [1.807, 2.05) is 26.8 Å². The van der Waals surface area contributed by atoms with Gasteiger partial charge in [-0.05, 0) is 80.6 Å². The minimum Gasteiger partial charge on any atom is -0.352 e. The Morgan fingerprint density at radius 3 is 2.09 bits per heavy atom. The van der Waals surface area contributed by atoms with Crippen molar-refractivity contribution in [3.8, 4) is 0 Å². The molecule has 1 N–H and O–H groups in total. The smallest absolute Gasteiger partial charge is 0.264 e. The van der Waals surface area contributed by atoms with E-state index in [9.17, 15) is 18.0 Å². The highest BCUT2D eigenvalue weighted by atomic mass is 35.5. The van der Waals surface area contributed by atoms with Crippen LogP contribution in [0.15, 0.2) is 71.6 Å². The van der Waals surface area contributed by atoms with Gasteiger partial charge in [-0.15, -0.1) is 0 Å². The molecule has 1 saturated carbocycles. The summed E-state index contributed by atoms with van der Waals surface area (Å²) in [7, 11) is -4.15. The van der Waals surface area contributed by atoms with Gasteiger partial charge in [0.15, 0.2) is 0 Å². The van der Waals surface area contributed by atoms with Gasteiger partial charge in [0.2, 0.25) is 11.8 Å². The van der Waals surface area contributed by atoms with Gasteiger partial charge < -0.3 is 10.2 Å². The first-order valence-corrected chi connectivity index (χ1v) is 16.9. The summed E-state index contributed by atoms with van der Waals surface area (Å²) in [4.78, 5) is 29.5. The molecule has 43 heavy (non-hydrogen) atoms. The normalized spacial score (nSPS) is 14.6. The van der Waals surface area contributed by atoms with Crippen LogP contribution < -0.4 is 9.62 Å². The van der Waals surface area contributed by atoms with Crippen LogP contribution in [0, 0.1) is 13.8 Å². The Morgan fingerprint density at radius 1 is 0.907 bits per heavy atom. The van der Waals surface area contributed by atoms with Crippen LogP contribution in [0.5, 0.6) is 0 Å². The SMILES string of the molecule is CC[C@@H](C(=O)NC1CCCCC1)N(Cc1c(Cl)cccc1Cl)C(=O)CN(c1cc(C)cc(C)c1)S(=O)(=O)c1ccccc1. The van der Waals surface area contributed by atoms with Crippen LogP contribution in [0.2, 0.25) is 10.0 Å². The molecule has 0 aromatic heterocycles. The van der Waals surface area contributed by atoms with Gasteiger partial charge in [0.05, 0.1) is 10.6 Å². The summed E-state index contributed by atoms with van der Waals surface area (Å²) >= 11 is 13.0. The Labute approximate surface area is 265 Å². The van der Waals surface area contributed by atoms with Crippen LogP contribution in [-0.4, -0.2) is 43.8 Å². The summed E-state index contributed by atoms with van der Waals surface area (Å²) < 4.78 is 29.2. The minimum atomic E-state index is -4.15. The second kappa shape index (κ2) is 14.6. The fraction of sp³-hybridized carbons (Fsp3) is 0.394. The number of hydrogen-bond acceptors (Lipinski definition) is 4. The number of aryl methyl sites for hydroxylation is 2. The van der Waals surface area contributed by atoms with E-state index in [4.69, 9.17) is 23.2 Å². The van der Waals surface area contributed by atoms with Crippen LogP contribution in [0.1, 0.15) is 62.1 Å². The van der Waals surface area contributed by atoms with E-state index < -0.39 is 28.5 Å². The molecule has 1 aliphatic rings. The summed E-state index contributed by atoms with van der Waals surface area (Å²) in [6.45, 7) is 5.01. The zero-order chi connectivity index (χ0) is 31.1. The molecule has 1 atom stereocenters. The quantitative estimate of drug-likeness (QED) is 0.242. The van der Waals surface area contributed by atoms with Gasteiger partial charge in [-0.25, -0.2) is 8.42 Å². The Balaban J connectivity index is 1.75. The average molecular weight is 645 g/mol. The predicted molar refractivity (Wildman–Crippen MR) is 173 cm³/mol. The third kappa shape index (κ3) is 8.11. The van der Waals surface area contributed by atoms with Crippen LogP contribution in [0.4, 0.5) is 5.69 Å². The van der Waals surface area contributed by atoms with Crippen molar-refractivity contribution in [3.05, 3.63) is 93.5 Å². The molecular formula is C33H39Cl2N3O4S. The fourth-order valence-electron chi connectivity index (χ4n) is 5.66. The summed E-state index contributed by atoms with van der Waals surface area (Å²) in [5.41, 5.74) is 2.57. The maximum absolute atomic E-state index is 14.4. The Morgan fingerprint density at radius 2 is 1.51 bits per heavy atom. The summed E-state index contributed by atoms with van der Waals surface area (Å²) in [6, 6.07) is 17.7. The standard InChI is InChI=1S/C33H39Cl2N3O4S/c1-4-31(33(40)36-25-12-7-5-8-13-25)37(21-28-29(34)16-11-17-30(28)35)32(39)22-38(26-19-23(2)18-24(3)20-26)43(41,42)27-14-9-6-10-15-27/h6,9-11,14-20,25,31H,4-5,7-8,12-13,21-22H2,1-3H3,(H,36,40)/t31-/m0/s1. The lowest BCUT2D eigenvalue weighted by Crippen LogP contribution is -2.54. The van der Waals surface area contributed by atoms with Gasteiger partial charge in [0.1, 0.15) is 12.6 Å². The maximum atomic E-state index is 14.4. The molecule has 0 radical (unpaired) electrons. The lowest BCUT2D eigenvalue weighted by Gasteiger charge is -2.35. The van der Waals surface area contributed by atoms with Crippen LogP contribution >= 0.6 is 23.2 Å². The molecule has 0 saturated heterocycles. The number of benzene rings is 3. The second-order valence-corrected chi connectivity index (χ2v) is 13.8. The number of sulfonamides is 1. The molecule has 0 heterocycles. The van der Waals surface area contributed by atoms with Crippen LogP contribution in [0.25, 0.3) is 0 Å². The first-order chi connectivity index (χ1) is 20.5. The molecule has 0 spiro atoms. The molecule has 230 valence electrons. The van der Waals surface area contributed by atoms with Gasteiger partial charge in [0, 0.05) is 28.2 Å². The first kappa shape index (κ1) is 32.8. The first-order valence-electron chi connectivity index (χ1n) is 14.7.